The van der Waals surface area contributed by atoms with Crippen LogP contribution in [-0.4, -0.2) is 42.8 Å². The Morgan fingerprint density at radius 2 is 2.11 bits per heavy atom. The minimum absolute atomic E-state index is 0.0250. The molecule has 1 saturated carbocycles. The summed E-state index contributed by atoms with van der Waals surface area (Å²) in [5, 5.41) is 4.58. The molecule has 1 fully saturated rings. The summed E-state index contributed by atoms with van der Waals surface area (Å²) in [7, 11) is 1.90. The molecule has 0 aromatic carbocycles. The molecule has 7 nitrogen and oxygen atoms in total. The van der Waals surface area contributed by atoms with Crippen LogP contribution in [0.1, 0.15) is 78.4 Å². The molecule has 2 aromatic rings. The number of hydrogen-bond acceptors (Lipinski definition) is 4. The molecular weight excluding hydrogens is 342 g/mol. The van der Waals surface area contributed by atoms with Crippen LogP contribution >= 0.6 is 0 Å². The molecule has 1 amide bonds. The van der Waals surface area contributed by atoms with E-state index < -0.39 is 0 Å². The van der Waals surface area contributed by atoms with E-state index in [0.29, 0.717) is 18.3 Å². The first kappa shape index (κ1) is 17.0. The van der Waals surface area contributed by atoms with Crippen molar-refractivity contribution in [1.29, 1.82) is 0 Å². The van der Waals surface area contributed by atoms with E-state index in [9.17, 15) is 4.79 Å². The molecule has 5 rings (SSSR count). The van der Waals surface area contributed by atoms with Crippen molar-refractivity contribution in [3.8, 4) is 0 Å². The summed E-state index contributed by atoms with van der Waals surface area (Å²) in [5.74, 6) is 0.0250. The van der Waals surface area contributed by atoms with Gasteiger partial charge in [0.25, 0.3) is 5.91 Å². The van der Waals surface area contributed by atoms with Crippen molar-refractivity contribution in [1.82, 2.24) is 24.2 Å². The van der Waals surface area contributed by atoms with Crippen molar-refractivity contribution in [3.05, 3.63) is 34.7 Å². The number of rotatable bonds is 2. The van der Waals surface area contributed by atoms with Gasteiger partial charge in [-0.25, -0.2) is 4.98 Å². The van der Waals surface area contributed by atoms with Crippen LogP contribution in [0.5, 0.6) is 0 Å². The number of amides is 1. The van der Waals surface area contributed by atoms with Crippen molar-refractivity contribution in [3.63, 3.8) is 0 Å². The number of carbonyl (C=O) groups excluding carboxylic acids is 1. The topological polar surface area (TPSA) is 65.2 Å². The molecular formula is C20H27N5O2. The highest BCUT2D eigenvalue weighted by molar-refractivity contribution is 5.94. The maximum Gasteiger partial charge on any atom is 0.275 e. The van der Waals surface area contributed by atoms with Gasteiger partial charge in [-0.2, -0.15) is 5.10 Å². The molecule has 0 N–H and O–H groups in total. The van der Waals surface area contributed by atoms with E-state index in [4.69, 9.17) is 4.74 Å². The van der Waals surface area contributed by atoms with Gasteiger partial charge in [0.15, 0.2) is 5.69 Å². The van der Waals surface area contributed by atoms with E-state index in [1.807, 2.05) is 29.9 Å². The third-order valence-electron chi connectivity index (χ3n) is 6.41. The van der Waals surface area contributed by atoms with Crippen LogP contribution in [0.25, 0.3) is 0 Å². The Bertz CT molecular complexity index is 895. The molecule has 0 saturated heterocycles. The number of imidazole rings is 1. The molecule has 2 aliphatic heterocycles. The second kappa shape index (κ2) is 6.19. The normalized spacial score (nSPS) is 25.1. The predicted molar refractivity (Wildman–Crippen MR) is 99.4 cm³/mol. The standard InChI is InChI=1S/C20H27N5O2/c1-12-9-15-18(22-23(3)19(15)13(2)27-12)20(26)24-8-7-17-16(10-24)21-11-25(17)14-5-4-6-14/h11-14H,4-10H2,1-3H3/t12-,13+/m1/s1. The fourth-order valence-corrected chi connectivity index (χ4v) is 4.84. The number of aryl methyl sites for hydroxylation is 1. The first-order valence-corrected chi connectivity index (χ1v) is 10.1. The van der Waals surface area contributed by atoms with E-state index >= 15 is 0 Å². The van der Waals surface area contributed by atoms with Crippen molar-refractivity contribution < 1.29 is 9.53 Å². The van der Waals surface area contributed by atoms with Crippen molar-refractivity contribution in [2.45, 2.75) is 70.7 Å². The highest BCUT2D eigenvalue weighted by Gasteiger charge is 2.35. The highest BCUT2D eigenvalue weighted by Crippen LogP contribution is 2.35. The quantitative estimate of drug-likeness (QED) is 0.816. The SMILES string of the molecule is C[C@@H]1Cc2c(C(=O)N3CCc4c(ncn4C4CCC4)C3)nn(C)c2[C@H](C)O1. The van der Waals surface area contributed by atoms with Crippen LogP contribution in [0, 0.1) is 0 Å². The molecule has 0 bridgehead atoms. The van der Waals surface area contributed by atoms with Gasteiger partial charge in [-0.1, -0.05) is 0 Å². The van der Waals surface area contributed by atoms with Crippen LogP contribution in [0.4, 0.5) is 0 Å². The van der Waals surface area contributed by atoms with Crippen LogP contribution < -0.4 is 0 Å². The number of fused-ring (bicyclic) bond motifs is 2. The third-order valence-corrected chi connectivity index (χ3v) is 6.41. The van der Waals surface area contributed by atoms with Gasteiger partial charge in [-0.3, -0.25) is 9.48 Å². The number of nitrogens with zero attached hydrogens (tertiary/aromatic N) is 5. The van der Waals surface area contributed by atoms with Gasteiger partial charge >= 0.3 is 0 Å². The summed E-state index contributed by atoms with van der Waals surface area (Å²) >= 11 is 0. The maximum absolute atomic E-state index is 13.3. The van der Waals surface area contributed by atoms with E-state index in [2.05, 4.69) is 21.6 Å². The van der Waals surface area contributed by atoms with Crippen LogP contribution in [0.2, 0.25) is 0 Å². The predicted octanol–water partition coefficient (Wildman–Crippen LogP) is 2.56. The van der Waals surface area contributed by atoms with E-state index in [1.165, 1.54) is 25.0 Å². The van der Waals surface area contributed by atoms with Crippen LogP contribution in [0.3, 0.4) is 0 Å². The average molecular weight is 369 g/mol. The van der Waals surface area contributed by atoms with Gasteiger partial charge in [0.05, 0.1) is 36.5 Å². The Kier molecular flexibility index (Phi) is 3.89. The van der Waals surface area contributed by atoms with Gasteiger partial charge in [-0.05, 0) is 33.1 Å². The minimum Gasteiger partial charge on any atom is -0.369 e. The number of ether oxygens (including phenoxy) is 1. The van der Waals surface area contributed by atoms with Gasteiger partial charge in [-0.15, -0.1) is 0 Å². The Morgan fingerprint density at radius 3 is 2.85 bits per heavy atom. The zero-order chi connectivity index (χ0) is 18.7. The molecule has 4 heterocycles. The zero-order valence-corrected chi connectivity index (χ0v) is 16.3. The largest absolute Gasteiger partial charge is 0.369 e. The maximum atomic E-state index is 13.3. The summed E-state index contributed by atoms with van der Waals surface area (Å²) in [4.78, 5) is 19.8. The first-order chi connectivity index (χ1) is 13.0. The van der Waals surface area contributed by atoms with E-state index in [1.54, 1.807) is 0 Å². The smallest absolute Gasteiger partial charge is 0.275 e. The van der Waals surface area contributed by atoms with Gasteiger partial charge in [0.1, 0.15) is 0 Å². The van der Waals surface area contributed by atoms with Crippen molar-refractivity contribution >= 4 is 5.91 Å². The van der Waals surface area contributed by atoms with Crippen LogP contribution in [0.15, 0.2) is 6.33 Å². The molecule has 0 radical (unpaired) electrons. The molecule has 3 aliphatic rings. The van der Waals surface area contributed by atoms with Gasteiger partial charge in [0.2, 0.25) is 0 Å². The summed E-state index contributed by atoms with van der Waals surface area (Å²) in [6.07, 6.45) is 7.49. The number of hydrogen-bond donors (Lipinski definition) is 0. The van der Waals surface area contributed by atoms with Crippen molar-refractivity contribution in [2.75, 3.05) is 6.54 Å². The monoisotopic (exact) mass is 369 g/mol. The lowest BCUT2D eigenvalue weighted by Gasteiger charge is -2.32. The number of aromatic nitrogens is 4. The lowest BCUT2D eigenvalue weighted by Crippen LogP contribution is -2.38. The Morgan fingerprint density at radius 1 is 1.30 bits per heavy atom. The second-order valence-electron chi connectivity index (χ2n) is 8.24. The lowest BCUT2D eigenvalue weighted by molar-refractivity contribution is -0.00907. The minimum atomic E-state index is -0.0334. The molecule has 27 heavy (non-hydrogen) atoms. The molecule has 2 aromatic heterocycles. The molecule has 144 valence electrons. The van der Waals surface area contributed by atoms with E-state index in [0.717, 1.165) is 36.3 Å². The Balaban J connectivity index is 1.41. The average Bonchev–Trinajstić information content (AvgIpc) is 3.14. The molecule has 7 heteroatoms. The summed E-state index contributed by atoms with van der Waals surface area (Å²) in [6, 6.07) is 0.620. The van der Waals surface area contributed by atoms with Gasteiger partial charge in [0, 0.05) is 43.7 Å². The zero-order valence-electron chi connectivity index (χ0n) is 16.3. The van der Waals surface area contributed by atoms with Gasteiger partial charge < -0.3 is 14.2 Å². The van der Waals surface area contributed by atoms with E-state index in [-0.39, 0.29) is 18.1 Å². The first-order valence-electron chi connectivity index (χ1n) is 10.1. The lowest BCUT2D eigenvalue weighted by atomic mass is 9.92. The number of carbonyl (C=O) groups is 1. The fraction of sp³-hybridized carbons (Fsp3) is 0.650. The Labute approximate surface area is 159 Å². The molecule has 1 aliphatic carbocycles. The second-order valence-corrected chi connectivity index (χ2v) is 8.24. The molecule has 0 unspecified atom stereocenters. The Hall–Kier alpha value is -2.15. The molecule has 0 spiro atoms. The van der Waals surface area contributed by atoms with Crippen molar-refractivity contribution in [2.24, 2.45) is 7.05 Å². The summed E-state index contributed by atoms with van der Waals surface area (Å²) in [5.41, 5.74) is 5.05. The summed E-state index contributed by atoms with van der Waals surface area (Å²) < 4.78 is 10.1. The third kappa shape index (κ3) is 2.63. The highest BCUT2D eigenvalue weighted by atomic mass is 16.5. The summed E-state index contributed by atoms with van der Waals surface area (Å²) in [6.45, 7) is 5.41. The molecule has 2 atom stereocenters. The fourth-order valence-electron chi connectivity index (χ4n) is 4.84. The van der Waals surface area contributed by atoms with Crippen LogP contribution in [-0.2, 0) is 31.2 Å².